The molecule has 4 fully saturated rings. The van der Waals surface area contributed by atoms with Crippen molar-refractivity contribution in [2.45, 2.75) is 0 Å². The molecule has 13 heavy (non-hydrogen) atoms. The topological polar surface area (TPSA) is 50.3 Å². The molecule has 4 aliphatic heterocycles. The summed E-state index contributed by atoms with van der Waals surface area (Å²) in [6.07, 6.45) is 0. The standard InChI is InChI=1S/C6H12N4.BHO2/c1-7-2-9-4-8(1)5-10(3-7)6-9;2-1-3/h1-6H2;2H. The summed E-state index contributed by atoms with van der Waals surface area (Å²) in [6, 6.07) is 0. The van der Waals surface area contributed by atoms with E-state index in [0.29, 0.717) is 0 Å². The van der Waals surface area contributed by atoms with Crippen molar-refractivity contribution in [1.82, 2.24) is 19.6 Å². The molecule has 4 bridgehead atoms. The van der Waals surface area contributed by atoms with Crippen LogP contribution in [0.15, 0.2) is 0 Å². The number of rotatable bonds is 0. The van der Waals surface area contributed by atoms with Crippen LogP contribution in [0.5, 0.6) is 0 Å². The van der Waals surface area contributed by atoms with E-state index in [2.05, 4.69) is 19.6 Å². The van der Waals surface area contributed by atoms with Gasteiger partial charge < -0.3 is 0 Å². The van der Waals surface area contributed by atoms with Crippen molar-refractivity contribution in [3.8, 4) is 0 Å². The van der Waals surface area contributed by atoms with Crippen molar-refractivity contribution in [3.05, 3.63) is 0 Å². The Bertz CT molecular complexity index is 147. The van der Waals surface area contributed by atoms with Crippen molar-refractivity contribution in [2.75, 3.05) is 40.0 Å². The van der Waals surface area contributed by atoms with Gasteiger partial charge in [-0.2, -0.15) is 0 Å². The minimum absolute atomic E-state index is 0.250. The third-order valence-corrected chi connectivity index (χ3v) is 2.40. The maximum atomic E-state index is 8.36. The van der Waals surface area contributed by atoms with Crippen LogP contribution in [0.4, 0.5) is 0 Å². The fourth-order valence-corrected chi connectivity index (χ4v) is 2.23. The van der Waals surface area contributed by atoms with Crippen molar-refractivity contribution >= 4 is 7.35 Å². The van der Waals surface area contributed by atoms with Gasteiger partial charge in [-0.05, 0) is 0 Å². The van der Waals surface area contributed by atoms with Crippen LogP contribution in [0.3, 0.4) is 0 Å². The van der Waals surface area contributed by atoms with Crippen LogP contribution in [-0.2, 0) is 4.70 Å². The number of hydrogen-bond acceptors (Lipinski definition) is 5. The first-order valence-corrected chi connectivity index (χ1v) is 4.29. The van der Waals surface area contributed by atoms with E-state index in [4.69, 9.17) is 9.73 Å². The molecule has 0 spiro atoms. The quantitative estimate of drug-likeness (QED) is 0.436. The Morgan fingerprint density at radius 3 is 1.08 bits per heavy atom. The van der Waals surface area contributed by atoms with Gasteiger partial charge in [-0.15, -0.1) is 0 Å². The average Bonchev–Trinajstić information content (AvgIpc) is 2.01. The molecule has 0 aromatic heterocycles. The molecule has 1 N–H and O–H groups in total. The zero-order valence-electron chi connectivity index (χ0n) is 7.46. The van der Waals surface area contributed by atoms with Crippen molar-refractivity contribution in [3.63, 3.8) is 0 Å². The zero-order chi connectivity index (χ0) is 9.26. The molecule has 72 valence electrons. The van der Waals surface area contributed by atoms with E-state index < -0.39 is 0 Å². The molecule has 4 heterocycles. The minimum atomic E-state index is -0.250. The van der Waals surface area contributed by atoms with E-state index in [1.165, 1.54) is 40.0 Å². The molecule has 4 saturated heterocycles. The molecule has 0 unspecified atom stereocenters. The Labute approximate surface area is 77.6 Å². The second-order valence-corrected chi connectivity index (χ2v) is 3.64. The van der Waals surface area contributed by atoms with Crippen LogP contribution in [0.1, 0.15) is 0 Å². The second-order valence-electron chi connectivity index (χ2n) is 3.64. The summed E-state index contributed by atoms with van der Waals surface area (Å²) in [6.45, 7) is 7.12. The molecule has 7 heteroatoms. The van der Waals surface area contributed by atoms with Gasteiger partial charge in [0.2, 0.25) is 0 Å². The van der Waals surface area contributed by atoms with E-state index in [0.717, 1.165) is 0 Å². The van der Waals surface area contributed by atoms with E-state index in [1.807, 2.05) is 0 Å². The summed E-state index contributed by atoms with van der Waals surface area (Å²) in [5.74, 6) is 0. The van der Waals surface area contributed by atoms with Gasteiger partial charge in [0.05, 0.1) is 40.0 Å². The fourth-order valence-electron chi connectivity index (χ4n) is 2.23. The number of nitrogens with zero attached hydrogens (tertiary/aromatic N) is 4. The van der Waals surface area contributed by atoms with E-state index in [9.17, 15) is 0 Å². The summed E-state index contributed by atoms with van der Waals surface area (Å²) in [5, 5.41) is 6.89. The van der Waals surface area contributed by atoms with Gasteiger partial charge in [0, 0.05) is 0 Å². The van der Waals surface area contributed by atoms with Gasteiger partial charge >= 0.3 is 17.1 Å². The van der Waals surface area contributed by atoms with Crippen molar-refractivity contribution in [1.29, 1.82) is 0 Å². The molecular weight excluding hydrogens is 171 g/mol. The molecule has 4 rings (SSSR count). The molecule has 0 atom stereocenters. The Morgan fingerprint density at radius 2 is 0.923 bits per heavy atom. The van der Waals surface area contributed by atoms with Gasteiger partial charge in [-0.3, -0.25) is 19.6 Å². The first kappa shape index (κ1) is 9.08. The van der Waals surface area contributed by atoms with Gasteiger partial charge in [0.1, 0.15) is 0 Å². The molecule has 0 saturated carbocycles. The Kier molecular flexibility index (Phi) is 2.59. The van der Waals surface area contributed by atoms with Gasteiger partial charge in [-0.25, -0.2) is 0 Å². The monoisotopic (exact) mass is 184 g/mol. The molecule has 4 aliphatic rings. The molecule has 0 aromatic carbocycles. The second kappa shape index (κ2) is 3.71. The fraction of sp³-hybridized carbons (Fsp3) is 1.00. The van der Waals surface area contributed by atoms with Crippen LogP contribution in [-0.4, -0.2) is 72.0 Å². The van der Waals surface area contributed by atoms with E-state index in [1.54, 1.807) is 0 Å². The van der Waals surface area contributed by atoms with Crippen LogP contribution in [0.2, 0.25) is 0 Å². The number of hydrogen-bond donors (Lipinski definition) is 1. The Morgan fingerprint density at radius 1 is 0.769 bits per heavy atom. The normalized spacial score (nSPS) is 44.9. The predicted octanol–water partition coefficient (Wildman–Crippen LogP) is -2.08. The maximum absolute atomic E-state index is 8.36. The Hall–Kier alpha value is -0.495. The predicted molar refractivity (Wildman–Crippen MR) is 45.2 cm³/mol. The SMILES string of the molecule is C1N2CN3CN1CN(C2)C3.O=BO. The van der Waals surface area contributed by atoms with Gasteiger partial charge in [-0.1, -0.05) is 0 Å². The molecule has 0 amide bonds. The van der Waals surface area contributed by atoms with E-state index >= 15 is 0 Å². The summed E-state index contributed by atoms with van der Waals surface area (Å²) in [5.41, 5.74) is 0. The van der Waals surface area contributed by atoms with E-state index in [-0.39, 0.29) is 7.35 Å². The summed E-state index contributed by atoms with van der Waals surface area (Å²) < 4.78 is 8.36. The summed E-state index contributed by atoms with van der Waals surface area (Å²) >= 11 is 0. The van der Waals surface area contributed by atoms with Crippen LogP contribution in [0, 0.1) is 0 Å². The van der Waals surface area contributed by atoms with Crippen molar-refractivity contribution < 1.29 is 9.73 Å². The van der Waals surface area contributed by atoms with Crippen LogP contribution in [0.25, 0.3) is 0 Å². The molecule has 0 aliphatic carbocycles. The molecule has 0 radical (unpaired) electrons. The average molecular weight is 184 g/mol. The summed E-state index contributed by atoms with van der Waals surface area (Å²) in [4.78, 5) is 9.88. The van der Waals surface area contributed by atoms with Gasteiger partial charge in [0.15, 0.2) is 0 Å². The van der Waals surface area contributed by atoms with Crippen LogP contribution >= 0.6 is 0 Å². The summed E-state index contributed by atoms with van der Waals surface area (Å²) in [7, 11) is -0.250. The zero-order valence-corrected chi connectivity index (χ0v) is 7.46. The Balaban J connectivity index is 0.000000196. The first-order chi connectivity index (χ1) is 6.31. The van der Waals surface area contributed by atoms with Crippen LogP contribution < -0.4 is 0 Å². The van der Waals surface area contributed by atoms with Crippen molar-refractivity contribution in [2.24, 2.45) is 0 Å². The molecular formula is C6H13BN4O2. The third-order valence-electron chi connectivity index (χ3n) is 2.40. The first-order valence-electron chi connectivity index (χ1n) is 4.29. The van der Waals surface area contributed by atoms with Gasteiger partial charge in [0.25, 0.3) is 0 Å². The molecule has 0 aromatic rings. The molecule has 6 nitrogen and oxygen atoms in total. The third kappa shape index (κ3) is 1.88.